The number of alkyl halides is 3. The third kappa shape index (κ3) is 5.52. The van der Waals surface area contributed by atoms with Crippen molar-refractivity contribution in [3.63, 3.8) is 0 Å². The first-order valence-electron chi connectivity index (χ1n) is 7.06. The fraction of sp³-hybridized carbons (Fsp3) is 0.267. The fourth-order valence-electron chi connectivity index (χ4n) is 1.89. The van der Waals surface area contributed by atoms with Crippen molar-refractivity contribution in [3.8, 4) is 5.75 Å². The summed E-state index contributed by atoms with van der Waals surface area (Å²) in [5.74, 6) is -1.14. The molecule has 2 rings (SSSR count). The molecule has 7 nitrogen and oxygen atoms in total. The zero-order valence-electron chi connectivity index (χ0n) is 13.1. The average molecular weight is 356 g/mol. The zero-order chi connectivity index (χ0) is 18.4. The number of halogens is 3. The first kappa shape index (κ1) is 18.3. The monoisotopic (exact) mass is 356 g/mol. The molecule has 0 spiro atoms. The summed E-state index contributed by atoms with van der Waals surface area (Å²) >= 11 is 0. The van der Waals surface area contributed by atoms with Gasteiger partial charge in [0.1, 0.15) is 18.1 Å². The van der Waals surface area contributed by atoms with Crippen molar-refractivity contribution in [1.29, 1.82) is 0 Å². The van der Waals surface area contributed by atoms with Gasteiger partial charge in [0.2, 0.25) is 5.95 Å². The van der Waals surface area contributed by atoms with E-state index in [1.807, 2.05) is 0 Å². The highest BCUT2D eigenvalue weighted by molar-refractivity contribution is 5.71. The van der Waals surface area contributed by atoms with E-state index in [0.29, 0.717) is 5.75 Å². The van der Waals surface area contributed by atoms with Gasteiger partial charge in [0.05, 0.1) is 7.11 Å². The van der Waals surface area contributed by atoms with E-state index in [9.17, 15) is 18.0 Å². The standard InChI is InChI=1S/C15H15F3N4O3/c1-25-10-4-2-3-9(5-10)7-19-12-6-11(15(16,17)18)21-14(22-12)20-8-13(23)24/h2-6H,7-8H2,1H3,(H,23,24)(H2,19,20,21,22). The van der Waals surface area contributed by atoms with Crippen LogP contribution in [0.1, 0.15) is 11.3 Å². The van der Waals surface area contributed by atoms with E-state index in [0.717, 1.165) is 11.6 Å². The van der Waals surface area contributed by atoms with E-state index in [4.69, 9.17) is 9.84 Å². The topological polar surface area (TPSA) is 96.4 Å². The summed E-state index contributed by atoms with van der Waals surface area (Å²) in [5.41, 5.74) is -0.407. The lowest BCUT2D eigenvalue weighted by molar-refractivity contribution is -0.141. The molecule has 1 aromatic heterocycles. The number of nitrogens with one attached hydrogen (secondary N) is 2. The van der Waals surface area contributed by atoms with Crippen LogP contribution in [0.5, 0.6) is 5.75 Å². The Morgan fingerprint density at radius 2 is 2.00 bits per heavy atom. The number of hydrogen-bond acceptors (Lipinski definition) is 6. The number of aromatic nitrogens is 2. The van der Waals surface area contributed by atoms with Crippen LogP contribution in [0, 0.1) is 0 Å². The predicted octanol–water partition coefficient (Wildman–Crippen LogP) is 2.61. The van der Waals surface area contributed by atoms with Crippen molar-refractivity contribution >= 4 is 17.7 Å². The maximum absolute atomic E-state index is 12.9. The van der Waals surface area contributed by atoms with Gasteiger partial charge in [0, 0.05) is 12.6 Å². The average Bonchev–Trinajstić information content (AvgIpc) is 2.57. The maximum Gasteiger partial charge on any atom is 0.433 e. The lowest BCUT2D eigenvalue weighted by atomic mass is 10.2. The molecule has 1 aromatic carbocycles. The molecule has 134 valence electrons. The van der Waals surface area contributed by atoms with Crippen LogP contribution in [-0.2, 0) is 17.5 Å². The normalized spacial score (nSPS) is 11.0. The van der Waals surface area contributed by atoms with E-state index in [1.54, 1.807) is 24.3 Å². The molecule has 0 aliphatic heterocycles. The number of rotatable bonds is 7. The molecule has 0 aliphatic carbocycles. The van der Waals surface area contributed by atoms with Crippen molar-refractivity contribution < 1.29 is 27.8 Å². The minimum absolute atomic E-state index is 0.0852. The predicted molar refractivity (Wildman–Crippen MR) is 83.5 cm³/mol. The number of carboxylic acid groups (broad SMARTS) is 1. The van der Waals surface area contributed by atoms with Crippen molar-refractivity contribution in [1.82, 2.24) is 9.97 Å². The second kappa shape index (κ2) is 7.69. The number of carbonyl (C=O) groups is 1. The zero-order valence-corrected chi connectivity index (χ0v) is 13.1. The third-order valence-electron chi connectivity index (χ3n) is 3.02. The first-order valence-corrected chi connectivity index (χ1v) is 7.06. The highest BCUT2D eigenvalue weighted by Crippen LogP contribution is 2.29. The summed E-state index contributed by atoms with van der Waals surface area (Å²) in [4.78, 5) is 17.7. The van der Waals surface area contributed by atoms with Gasteiger partial charge in [-0.1, -0.05) is 12.1 Å². The molecule has 0 unspecified atom stereocenters. The van der Waals surface area contributed by atoms with Crippen LogP contribution in [0.25, 0.3) is 0 Å². The minimum atomic E-state index is -4.69. The number of anilines is 2. The molecule has 3 N–H and O–H groups in total. The third-order valence-corrected chi connectivity index (χ3v) is 3.02. The highest BCUT2D eigenvalue weighted by Gasteiger charge is 2.33. The van der Waals surface area contributed by atoms with Gasteiger partial charge in [-0.3, -0.25) is 4.79 Å². The Morgan fingerprint density at radius 1 is 1.24 bits per heavy atom. The van der Waals surface area contributed by atoms with Gasteiger partial charge in [-0.15, -0.1) is 0 Å². The molecule has 0 aliphatic rings. The van der Waals surface area contributed by atoms with Crippen LogP contribution in [0.3, 0.4) is 0 Å². The molecular formula is C15H15F3N4O3. The number of ether oxygens (including phenoxy) is 1. The molecule has 0 amide bonds. The summed E-state index contributed by atoms with van der Waals surface area (Å²) in [6, 6.07) is 7.74. The van der Waals surface area contributed by atoms with Crippen LogP contribution >= 0.6 is 0 Å². The van der Waals surface area contributed by atoms with Crippen molar-refractivity contribution in [2.75, 3.05) is 24.3 Å². The maximum atomic E-state index is 12.9. The molecule has 0 bridgehead atoms. The number of benzene rings is 1. The van der Waals surface area contributed by atoms with E-state index >= 15 is 0 Å². The van der Waals surface area contributed by atoms with Gasteiger partial charge in [-0.05, 0) is 17.7 Å². The van der Waals surface area contributed by atoms with Gasteiger partial charge in [-0.2, -0.15) is 18.2 Å². The lowest BCUT2D eigenvalue weighted by Crippen LogP contribution is -2.18. The summed E-state index contributed by atoms with van der Waals surface area (Å²) in [6.45, 7) is -0.402. The Labute approximate surface area is 140 Å². The second-order valence-electron chi connectivity index (χ2n) is 4.91. The Hall–Kier alpha value is -3.04. The van der Waals surface area contributed by atoms with E-state index in [2.05, 4.69) is 20.6 Å². The van der Waals surface area contributed by atoms with E-state index in [1.165, 1.54) is 7.11 Å². The number of methoxy groups -OCH3 is 1. The Bertz CT molecular complexity index is 753. The second-order valence-corrected chi connectivity index (χ2v) is 4.91. The molecule has 0 saturated heterocycles. The number of carboxylic acids is 1. The number of hydrogen-bond donors (Lipinski definition) is 3. The molecule has 1 heterocycles. The van der Waals surface area contributed by atoms with Crippen LogP contribution < -0.4 is 15.4 Å². The summed E-state index contributed by atoms with van der Waals surface area (Å²) in [7, 11) is 1.51. The lowest BCUT2D eigenvalue weighted by Gasteiger charge is -2.12. The quantitative estimate of drug-likeness (QED) is 0.702. The molecule has 25 heavy (non-hydrogen) atoms. The Morgan fingerprint density at radius 3 is 2.64 bits per heavy atom. The summed E-state index contributed by atoms with van der Waals surface area (Å²) in [5, 5.41) is 13.6. The minimum Gasteiger partial charge on any atom is -0.497 e. The van der Waals surface area contributed by atoms with Crippen molar-refractivity contribution in [2.45, 2.75) is 12.7 Å². The number of aliphatic carboxylic acids is 1. The molecule has 0 fully saturated rings. The van der Waals surface area contributed by atoms with Gasteiger partial charge < -0.3 is 20.5 Å². The summed E-state index contributed by atoms with van der Waals surface area (Å²) < 4.78 is 43.9. The Kier molecular flexibility index (Phi) is 5.63. The van der Waals surface area contributed by atoms with Crippen LogP contribution in [0.2, 0.25) is 0 Å². The molecule has 10 heteroatoms. The fourth-order valence-corrected chi connectivity index (χ4v) is 1.89. The molecule has 0 radical (unpaired) electrons. The SMILES string of the molecule is COc1cccc(CNc2cc(C(F)(F)F)nc(NCC(=O)O)n2)c1. The van der Waals surface area contributed by atoms with E-state index < -0.39 is 30.3 Å². The summed E-state index contributed by atoms with van der Waals surface area (Å²) in [6.07, 6.45) is -4.69. The van der Waals surface area contributed by atoms with Crippen LogP contribution in [0.4, 0.5) is 24.9 Å². The van der Waals surface area contributed by atoms with Gasteiger partial charge in [0.25, 0.3) is 0 Å². The van der Waals surface area contributed by atoms with Gasteiger partial charge >= 0.3 is 12.1 Å². The molecular weight excluding hydrogens is 341 g/mol. The van der Waals surface area contributed by atoms with Gasteiger partial charge in [0.15, 0.2) is 5.69 Å². The van der Waals surface area contributed by atoms with E-state index in [-0.39, 0.29) is 12.4 Å². The van der Waals surface area contributed by atoms with Crippen LogP contribution in [0.15, 0.2) is 30.3 Å². The van der Waals surface area contributed by atoms with Crippen LogP contribution in [-0.4, -0.2) is 34.7 Å². The number of nitrogens with zero attached hydrogens (tertiary/aromatic N) is 2. The smallest absolute Gasteiger partial charge is 0.433 e. The molecule has 2 aromatic rings. The highest BCUT2D eigenvalue weighted by atomic mass is 19.4. The molecule has 0 atom stereocenters. The first-order chi connectivity index (χ1) is 11.8. The van der Waals surface area contributed by atoms with Crippen molar-refractivity contribution in [2.24, 2.45) is 0 Å². The largest absolute Gasteiger partial charge is 0.497 e. The molecule has 0 saturated carbocycles. The Balaban J connectivity index is 2.19. The van der Waals surface area contributed by atoms with Crippen molar-refractivity contribution in [3.05, 3.63) is 41.6 Å². The van der Waals surface area contributed by atoms with Gasteiger partial charge in [-0.25, -0.2) is 4.98 Å².